The summed E-state index contributed by atoms with van der Waals surface area (Å²) in [5, 5.41) is 4.37. The Morgan fingerprint density at radius 1 is 1.45 bits per heavy atom. The van der Waals surface area contributed by atoms with Gasteiger partial charge in [0.2, 0.25) is 0 Å². The first-order valence-corrected chi connectivity index (χ1v) is 3.40. The number of aromatic nitrogens is 3. The molecular weight excluding hydrogens is 164 g/mol. The Hall–Kier alpha value is -1.29. The summed E-state index contributed by atoms with van der Waals surface area (Å²) in [7, 11) is 0. The zero-order chi connectivity index (χ0) is 7.84. The Bertz CT molecular complexity index is 394. The van der Waals surface area contributed by atoms with E-state index >= 15 is 0 Å². The van der Waals surface area contributed by atoms with Crippen molar-refractivity contribution in [1.82, 2.24) is 14.6 Å². The molecule has 2 aromatic rings. The molecule has 0 aliphatic heterocycles. The van der Waals surface area contributed by atoms with E-state index in [2.05, 4.69) is 10.1 Å². The van der Waals surface area contributed by atoms with Crippen LogP contribution in [0.25, 0.3) is 5.52 Å². The highest BCUT2D eigenvalue weighted by atomic mass is 35.5. The molecule has 56 valence electrons. The van der Waals surface area contributed by atoms with E-state index in [1.54, 1.807) is 16.6 Å². The van der Waals surface area contributed by atoms with Gasteiger partial charge in [-0.25, -0.2) is 9.50 Å². The lowest BCUT2D eigenvalue weighted by Crippen LogP contribution is -1.89. The standard InChI is InChI=1S/C6H5ClN4/c7-5-1-4-2-6(8)10-11(4)3-9-5/h1-3H,(H2,8,10). The van der Waals surface area contributed by atoms with Gasteiger partial charge < -0.3 is 5.73 Å². The van der Waals surface area contributed by atoms with Gasteiger partial charge >= 0.3 is 0 Å². The van der Waals surface area contributed by atoms with Crippen LogP contribution in [0, 0.1) is 0 Å². The molecular formula is C6H5ClN4. The van der Waals surface area contributed by atoms with Gasteiger partial charge in [-0.1, -0.05) is 11.6 Å². The minimum atomic E-state index is 0.442. The molecule has 0 saturated heterocycles. The number of anilines is 1. The third-order valence-corrected chi connectivity index (χ3v) is 1.55. The lowest BCUT2D eigenvalue weighted by molar-refractivity contribution is 0.927. The Balaban J connectivity index is 2.82. The fourth-order valence-electron chi connectivity index (χ4n) is 0.898. The summed E-state index contributed by atoms with van der Waals surface area (Å²) in [6.45, 7) is 0. The van der Waals surface area contributed by atoms with Gasteiger partial charge in [-0.3, -0.25) is 0 Å². The van der Waals surface area contributed by atoms with Crippen LogP contribution in [0.4, 0.5) is 5.82 Å². The molecule has 0 atom stereocenters. The molecule has 2 rings (SSSR count). The molecule has 0 unspecified atom stereocenters. The molecule has 11 heavy (non-hydrogen) atoms. The second-order valence-corrected chi connectivity index (χ2v) is 2.54. The maximum absolute atomic E-state index is 5.63. The number of halogens is 1. The monoisotopic (exact) mass is 168 g/mol. The maximum Gasteiger partial charge on any atom is 0.146 e. The van der Waals surface area contributed by atoms with Crippen LogP contribution in [-0.4, -0.2) is 14.6 Å². The maximum atomic E-state index is 5.63. The number of hydrogen-bond donors (Lipinski definition) is 1. The minimum absolute atomic E-state index is 0.442. The minimum Gasteiger partial charge on any atom is -0.382 e. The summed E-state index contributed by atoms with van der Waals surface area (Å²) in [5.41, 5.74) is 6.29. The van der Waals surface area contributed by atoms with E-state index in [-0.39, 0.29) is 0 Å². The SMILES string of the molecule is Nc1cc2cc(Cl)ncn2n1. The van der Waals surface area contributed by atoms with Crippen molar-refractivity contribution < 1.29 is 0 Å². The molecule has 2 heterocycles. The van der Waals surface area contributed by atoms with Crippen LogP contribution < -0.4 is 5.73 Å². The zero-order valence-corrected chi connectivity index (χ0v) is 6.28. The molecule has 2 N–H and O–H groups in total. The van der Waals surface area contributed by atoms with Crippen LogP contribution in [0.3, 0.4) is 0 Å². The summed E-state index contributed by atoms with van der Waals surface area (Å²) in [4.78, 5) is 3.83. The Labute approximate surface area is 67.6 Å². The average Bonchev–Trinajstić information content (AvgIpc) is 2.27. The van der Waals surface area contributed by atoms with E-state index in [9.17, 15) is 0 Å². The highest BCUT2D eigenvalue weighted by Crippen LogP contribution is 2.10. The van der Waals surface area contributed by atoms with Crippen LogP contribution in [0.1, 0.15) is 0 Å². The van der Waals surface area contributed by atoms with Crippen molar-refractivity contribution in [2.75, 3.05) is 5.73 Å². The first-order valence-electron chi connectivity index (χ1n) is 3.02. The quantitative estimate of drug-likeness (QED) is 0.597. The van der Waals surface area contributed by atoms with Gasteiger partial charge in [-0.2, -0.15) is 0 Å². The van der Waals surface area contributed by atoms with Crippen LogP contribution in [0.5, 0.6) is 0 Å². The molecule has 2 aromatic heterocycles. The summed E-state index contributed by atoms with van der Waals surface area (Å²) in [5.74, 6) is 0.467. The molecule has 0 aromatic carbocycles. The predicted octanol–water partition coefficient (Wildman–Crippen LogP) is 0.965. The lowest BCUT2D eigenvalue weighted by Gasteiger charge is -1.89. The van der Waals surface area contributed by atoms with Gasteiger partial charge in [0.05, 0.1) is 5.52 Å². The van der Waals surface area contributed by atoms with E-state index in [1.807, 2.05) is 0 Å². The smallest absolute Gasteiger partial charge is 0.146 e. The first kappa shape index (κ1) is 6.42. The van der Waals surface area contributed by atoms with E-state index in [0.29, 0.717) is 11.0 Å². The second-order valence-electron chi connectivity index (χ2n) is 2.15. The molecule has 0 aliphatic rings. The number of fused-ring (bicyclic) bond motifs is 1. The van der Waals surface area contributed by atoms with Crippen LogP contribution >= 0.6 is 11.6 Å². The normalized spacial score (nSPS) is 10.6. The van der Waals surface area contributed by atoms with E-state index in [1.165, 1.54) is 6.33 Å². The summed E-state index contributed by atoms with van der Waals surface area (Å²) >= 11 is 5.63. The molecule has 0 bridgehead atoms. The summed E-state index contributed by atoms with van der Waals surface area (Å²) in [6.07, 6.45) is 1.52. The van der Waals surface area contributed by atoms with Crippen LogP contribution in [-0.2, 0) is 0 Å². The first-order chi connectivity index (χ1) is 5.25. The van der Waals surface area contributed by atoms with Crippen molar-refractivity contribution in [2.45, 2.75) is 0 Å². The molecule has 0 aliphatic carbocycles. The molecule has 5 heteroatoms. The van der Waals surface area contributed by atoms with Crippen LogP contribution in [0.2, 0.25) is 5.15 Å². The van der Waals surface area contributed by atoms with Gasteiger partial charge in [0.25, 0.3) is 0 Å². The van der Waals surface area contributed by atoms with Crippen molar-refractivity contribution in [3.05, 3.63) is 23.6 Å². The van der Waals surface area contributed by atoms with Gasteiger partial charge in [0.15, 0.2) is 0 Å². The highest BCUT2D eigenvalue weighted by molar-refractivity contribution is 6.29. The van der Waals surface area contributed by atoms with Crippen molar-refractivity contribution >= 4 is 22.9 Å². The van der Waals surface area contributed by atoms with E-state index < -0.39 is 0 Å². The fraction of sp³-hybridized carbons (Fsp3) is 0. The number of nitrogens with two attached hydrogens (primary N) is 1. The Morgan fingerprint density at radius 3 is 3.09 bits per heavy atom. The zero-order valence-electron chi connectivity index (χ0n) is 5.53. The van der Waals surface area contributed by atoms with Gasteiger partial charge in [0.1, 0.15) is 17.3 Å². The van der Waals surface area contributed by atoms with Crippen molar-refractivity contribution in [2.24, 2.45) is 0 Å². The van der Waals surface area contributed by atoms with Gasteiger partial charge in [-0.05, 0) is 0 Å². The Morgan fingerprint density at radius 2 is 2.27 bits per heavy atom. The Kier molecular flexibility index (Phi) is 1.22. The second kappa shape index (κ2) is 2.10. The average molecular weight is 169 g/mol. The number of nitrogens with zero attached hydrogens (tertiary/aromatic N) is 3. The summed E-state index contributed by atoms with van der Waals surface area (Å²) in [6, 6.07) is 3.43. The summed E-state index contributed by atoms with van der Waals surface area (Å²) < 4.78 is 1.57. The van der Waals surface area contributed by atoms with Crippen LogP contribution in [0.15, 0.2) is 18.5 Å². The topological polar surface area (TPSA) is 56.2 Å². The third kappa shape index (κ3) is 1.01. The molecule has 4 nitrogen and oxygen atoms in total. The molecule has 0 fully saturated rings. The van der Waals surface area contributed by atoms with Gasteiger partial charge in [-0.15, -0.1) is 5.10 Å². The van der Waals surface area contributed by atoms with Crippen molar-refractivity contribution in [3.8, 4) is 0 Å². The van der Waals surface area contributed by atoms with Crippen molar-refractivity contribution in [1.29, 1.82) is 0 Å². The predicted molar refractivity (Wildman–Crippen MR) is 42.4 cm³/mol. The highest BCUT2D eigenvalue weighted by Gasteiger charge is 1.97. The number of rotatable bonds is 0. The molecule has 0 amide bonds. The third-order valence-electron chi connectivity index (χ3n) is 1.34. The molecule has 0 spiro atoms. The number of hydrogen-bond acceptors (Lipinski definition) is 3. The van der Waals surface area contributed by atoms with E-state index in [0.717, 1.165) is 5.52 Å². The fourth-order valence-corrected chi connectivity index (χ4v) is 1.05. The largest absolute Gasteiger partial charge is 0.382 e. The van der Waals surface area contributed by atoms with Gasteiger partial charge in [0, 0.05) is 12.1 Å². The molecule has 0 saturated carbocycles. The molecule has 0 radical (unpaired) electrons. The lowest BCUT2D eigenvalue weighted by atomic mass is 10.5. The van der Waals surface area contributed by atoms with Crippen molar-refractivity contribution in [3.63, 3.8) is 0 Å². The van der Waals surface area contributed by atoms with E-state index in [4.69, 9.17) is 17.3 Å². The number of nitrogen functional groups attached to an aromatic ring is 1.